The van der Waals surface area contributed by atoms with E-state index in [9.17, 15) is 24.5 Å². The average Bonchev–Trinajstić information content (AvgIpc) is 3.41. The second-order valence-electron chi connectivity index (χ2n) is 7.91. The summed E-state index contributed by atoms with van der Waals surface area (Å²) >= 11 is 0.693. The highest BCUT2D eigenvalue weighted by Gasteiger charge is 2.36. The second kappa shape index (κ2) is 10.1. The third-order valence-corrected chi connectivity index (χ3v) is 6.49. The Bertz CT molecular complexity index is 1430. The number of carbonyl (C=O) groups is 3. The number of rotatable bonds is 7. The number of para-hydroxylation sites is 2. The molecule has 1 aliphatic heterocycles. The van der Waals surface area contributed by atoms with Crippen LogP contribution in [0.3, 0.4) is 0 Å². The molecule has 3 aromatic rings. The largest absolute Gasteiger partial charge is 0.495 e. The van der Waals surface area contributed by atoms with Crippen LogP contribution in [-0.4, -0.2) is 40.5 Å². The van der Waals surface area contributed by atoms with Crippen LogP contribution in [0.4, 0.5) is 16.2 Å². The SMILES string of the molecule is COc1ccccc1NC(=O)CN1C(=O)S/C(=C/c2ccc(-c3cc(C)c(C)c([N+](=O)[O-])c3)o2)C1=O. The zero-order valence-corrected chi connectivity index (χ0v) is 20.4. The van der Waals surface area contributed by atoms with Crippen molar-refractivity contribution >= 4 is 46.3 Å². The number of anilines is 1. The number of hydrogen-bond acceptors (Lipinski definition) is 8. The van der Waals surface area contributed by atoms with Crippen LogP contribution in [0.15, 0.2) is 57.9 Å². The number of nitro groups is 1. The molecule has 0 atom stereocenters. The van der Waals surface area contributed by atoms with Crippen molar-refractivity contribution in [2.24, 2.45) is 0 Å². The minimum atomic E-state index is -0.625. The van der Waals surface area contributed by atoms with Crippen molar-refractivity contribution in [1.82, 2.24) is 4.90 Å². The summed E-state index contributed by atoms with van der Waals surface area (Å²) in [7, 11) is 1.47. The van der Waals surface area contributed by atoms with Gasteiger partial charge in [-0.05, 0) is 61.5 Å². The molecule has 10 nitrogen and oxygen atoms in total. The van der Waals surface area contributed by atoms with Crippen molar-refractivity contribution in [2.45, 2.75) is 13.8 Å². The van der Waals surface area contributed by atoms with Gasteiger partial charge < -0.3 is 14.5 Å². The average molecular weight is 508 g/mol. The van der Waals surface area contributed by atoms with Gasteiger partial charge in [-0.25, -0.2) is 0 Å². The fourth-order valence-electron chi connectivity index (χ4n) is 3.60. The molecule has 0 radical (unpaired) electrons. The Morgan fingerprint density at radius 2 is 1.94 bits per heavy atom. The number of carbonyl (C=O) groups excluding carboxylic acids is 3. The van der Waals surface area contributed by atoms with E-state index in [0.717, 1.165) is 10.5 Å². The van der Waals surface area contributed by atoms with Gasteiger partial charge in [0.25, 0.3) is 16.8 Å². The molecule has 0 saturated carbocycles. The van der Waals surface area contributed by atoms with E-state index in [2.05, 4.69) is 5.32 Å². The lowest BCUT2D eigenvalue weighted by molar-refractivity contribution is -0.385. The number of amides is 3. The maximum Gasteiger partial charge on any atom is 0.294 e. The minimum Gasteiger partial charge on any atom is -0.495 e. The monoisotopic (exact) mass is 507 g/mol. The Morgan fingerprint density at radius 1 is 1.19 bits per heavy atom. The van der Waals surface area contributed by atoms with Gasteiger partial charge in [0.05, 0.1) is 22.6 Å². The molecule has 1 aliphatic rings. The van der Waals surface area contributed by atoms with E-state index in [1.165, 1.54) is 19.3 Å². The lowest BCUT2D eigenvalue weighted by Crippen LogP contribution is -2.36. The molecule has 0 aliphatic carbocycles. The fourth-order valence-corrected chi connectivity index (χ4v) is 4.42. The van der Waals surface area contributed by atoms with E-state index in [1.807, 2.05) is 0 Å². The number of nitrogens with zero attached hydrogens (tertiary/aromatic N) is 2. The first-order chi connectivity index (χ1) is 17.2. The topological polar surface area (TPSA) is 132 Å². The number of benzene rings is 2. The molecule has 1 aromatic heterocycles. The number of furan rings is 1. The molecule has 11 heteroatoms. The second-order valence-corrected chi connectivity index (χ2v) is 8.91. The van der Waals surface area contributed by atoms with Crippen molar-refractivity contribution in [3.8, 4) is 17.1 Å². The molecule has 1 fully saturated rings. The number of methoxy groups -OCH3 is 1. The Labute approximate surface area is 210 Å². The molecule has 3 amide bonds. The van der Waals surface area contributed by atoms with Crippen LogP contribution in [-0.2, 0) is 9.59 Å². The predicted molar refractivity (Wildman–Crippen MR) is 135 cm³/mol. The maximum atomic E-state index is 12.8. The Hall–Kier alpha value is -4.38. The number of hydrogen-bond donors (Lipinski definition) is 1. The molecule has 1 N–H and O–H groups in total. The summed E-state index contributed by atoms with van der Waals surface area (Å²) in [5.41, 5.74) is 2.23. The van der Waals surface area contributed by atoms with Gasteiger partial charge in [-0.2, -0.15) is 0 Å². The summed E-state index contributed by atoms with van der Waals surface area (Å²) in [5, 5.41) is 13.4. The van der Waals surface area contributed by atoms with E-state index >= 15 is 0 Å². The highest BCUT2D eigenvalue weighted by atomic mass is 32.2. The number of aryl methyl sites for hydroxylation is 1. The van der Waals surface area contributed by atoms with Crippen LogP contribution in [0.5, 0.6) is 5.75 Å². The lowest BCUT2D eigenvalue weighted by atomic mass is 10.0. The van der Waals surface area contributed by atoms with Gasteiger partial charge in [0.15, 0.2) is 0 Å². The normalized spacial score (nSPS) is 14.4. The first-order valence-electron chi connectivity index (χ1n) is 10.7. The van der Waals surface area contributed by atoms with Gasteiger partial charge in [-0.1, -0.05) is 12.1 Å². The van der Waals surface area contributed by atoms with Crippen LogP contribution in [0.2, 0.25) is 0 Å². The van der Waals surface area contributed by atoms with Crippen molar-refractivity contribution in [3.05, 3.63) is 80.4 Å². The first-order valence-corrected chi connectivity index (χ1v) is 11.5. The van der Waals surface area contributed by atoms with Crippen LogP contribution < -0.4 is 10.1 Å². The van der Waals surface area contributed by atoms with E-state index in [4.69, 9.17) is 9.15 Å². The van der Waals surface area contributed by atoms with Gasteiger partial charge in [0.2, 0.25) is 5.91 Å². The van der Waals surface area contributed by atoms with E-state index in [1.54, 1.807) is 56.3 Å². The van der Waals surface area contributed by atoms with E-state index < -0.39 is 28.5 Å². The number of imide groups is 1. The van der Waals surface area contributed by atoms with E-state index in [0.29, 0.717) is 40.1 Å². The van der Waals surface area contributed by atoms with Crippen LogP contribution in [0, 0.1) is 24.0 Å². The van der Waals surface area contributed by atoms with Gasteiger partial charge in [-0.3, -0.25) is 29.4 Å². The first kappa shape index (κ1) is 24.7. The third kappa shape index (κ3) is 5.01. The third-order valence-electron chi connectivity index (χ3n) is 5.58. The van der Waals surface area contributed by atoms with Gasteiger partial charge in [0.1, 0.15) is 23.8 Å². The molecule has 4 rings (SSSR count). The summed E-state index contributed by atoms with van der Waals surface area (Å²) in [6.07, 6.45) is 1.40. The standard InChI is InChI=1S/C25H21N3O7S/c1-14-10-16(11-19(15(14)2)28(32)33)20-9-8-17(35-20)12-22-24(30)27(25(31)36-22)13-23(29)26-18-6-4-5-7-21(18)34-3/h4-12H,13H2,1-3H3,(H,26,29)/b22-12+. The van der Waals surface area contributed by atoms with Gasteiger partial charge >= 0.3 is 0 Å². The Kier molecular flexibility index (Phi) is 6.93. The zero-order valence-electron chi connectivity index (χ0n) is 19.6. The van der Waals surface area contributed by atoms with Crippen LogP contribution >= 0.6 is 11.8 Å². The van der Waals surface area contributed by atoms with Gasteiger partial charge in [0, 0.05) is 23.3 Å². The lowest BCUT2D eigenvalue weighted by Gasteiger charge is -2.14. The van der Waals surface area contributed by atoms with Crippen LogP contribution in [0.25, 0.3) is 17.4 Å². The molecule has 184 valence electrons. The molecule has 0 spiro atoms. The number of nitrogens with one attached hydrogen (secondary N) is 1. The summed E-state index contributed by atoms with van der Waals surface area (Å²) in [6.45, 7) is 2.99. The molecule has 0 unspecified atom stereocenters. The molecule has 1 saturated heterocycles. The quantitative estimate of drug-likeness (QED) is 0.264. The number of thioether (sulfide) groups is 1. The molecule has 0 bridgehead atoms. The fraction of sp³-hybridized carbons (Fsp3) is 0.160. The van der Waals surface area contributed by atoms with Crippen molar-refractivity contribution in [2.75, 3.05) is 19.0 Å². The smallest absolute Gasteiger partial charge is 0.294 e. The highest BCUT2D eigenvalue weighted by Crippen LogP contribution is 2.35. The van der Waals surface area contributed by atoms with Crippen molar-refractivity contribution < 1.29 is 28.5 Å². The highest BCUT2D eigenvalue weighted by molar-refractivity contribution is 8.18. The van der Waals surface area contributed by atoms with Crippen LogP contribution in [0.1, 0.15) is 16.9 Å². The predicted octanol–water partition coefficient (Wildman–Crippen LogP) is 5.16. The van der Waals surface area contributed by atoms with E-state index in [-0.39, 0.29) is 16.4 Å². The summed E-state index contributed by atoms with van der Waals surface area (Å²) in [6, 6.07) is 13.2. The maximum absolute atomic E-state index is 12.8. The Morgan fingerprint density at radius 3 is 2.67 bits per heavy atom. The Balaban J connectivity index is 1.50. The summed E-state index contributed by atoms with van der Waals surface area (Å²) < 4.78 is 11.0. The van der Waals surface area contributed by atoms with Crippen molar-refractivity contribution in [1.29, 1.82) is 0 Å². The zero-order chi connectivity index (χ0) is 26.0. The summed E-state index contributed by atoms with van der Waals surface area (Å²) in [5.74, 6) is -0.0695. The molecular weight excluding hydrogens is 486 g/mol. The minimum absolute atomic E-state index is 0.0181. The molecule has 2 heterocycles. The van der Waals surface area contributed by atoms with Gasteiger partial charge in [-0.15, -0.1) is 0 Å². The molecular formula is C25H21N3O7S. The van der Waals surface area contributed by atoms with Crippen molar-refractivity contribution in [3.63, 3.8) is 0 Å². The number of nitro benzene ring substituents is 1. The number of ether oxygens (including phenoxy) is 1. The summed E-state index contributed by atoms with van der Waals surface area (Å²) in [4.78, 5) is 49.5. The molecule has 2 aromatic carbocycles. The molecule has 36 heavy (non-hydrogen) atoms.